The van der Waals surface area contributed by atoms with Crippen LogP contribution >= 0.6 is 0 Å². The Hall–Kier alpha value is -1.67. The van der Waals surface area contributed by atoms with Gasteiger partial charge in [0.25, 0.3) is 0 Å². The Balaban J connectivity index is 2.21. The van der Waals surface area contributed by atoms with Gasteiger partial charge in [-0.1, -0.05) is 63.3 Å². The molecule has 1 aromatic rings. The van der Waals surface area contributed by atoms with Crippen LogP contribution in [0.1, 0.15) is 47.1 Å². The van der Waals surface area contributed by atoms with Gasteiger partial charge >= 0.3 is 6.09 Å². The summed E-state index contributed by atoms with van der Waals surface area (Å²) in [5.74, 6) is 0. The van der Waals surface area contributed by atoms with Crippen molar-refractivity contribution >= 4 is 14.4 Å². The van der Waals surface area contributed by atoms with Gasteiger partial charge in [0.15, 0.2) is 8.32 Å². The molecule has 1 N–H and O–H groups in total. The zero-order chi connectivity index (χ0) is 23.4. The average molecular weight is 450 g/mol. The van der Waals surface area contributed by atoms with Gasteiger partial charge in [0.1, 0.15) is 18.4 Å². The van der Waals surface area contributed by atoms with Crippen molar-refractivity contribution in [2.24, 2.45) is 0 Å². The first-order valence-corrected chi connectivity index (χ1v) is 13.8. The number of hydrogen-bond acceptors (Lipinski definition) is 5. The SMILES string of the molecule is C/C=C/[C@@H](O[Si](C)(C)C(C)(C)C)[C@H](O)[C@@H]1COC(C)(C)N1C(=O)OCc1ccccc1. The van der Waals surface area contributed by atoms with E-state index in [0.29, 0.717) is 0 Å². The lowest BCUT2D eigenvalue weighted by molar-refractivity contribution is -0.0595. The zero-order valence-corrected chi connectivity index (χ0v) is 21.2. The minimum atomic E-state index is -2.15. The first-order chi connectivity index (χ1) is 14.3. The van der Waals surface area contributed by atoms with E-state index in [2.05, 4.69) is 33.9 Å². The van der Waals surface area contributed by atoms with Crippen molar-refractivity contribution < 1.29 is 23.8 Å². The number of ether oxygens (including phenoxy) is 2. The van der Waals surface area contributed by atoms with Crippen LogP contribution in [0.4, 0.5) is 4.79 Å². The third-order valence-electron chi connectivity index (χ3n) is 6.27. The van der Waals surface area contributed by atoms with Crippen molar-refractivity contribution in [1.29, 1.82) is 0 Å². The molecule has 2 rings (SSSR count). The smallest absolute Gasteiger partial charge is 0.412 e. The molecule has 1 saturated heterocycles. The largest absolute Gasteiger partial charge is 0.444 e. The quantitative estimate of drug-likeness (QED) is 0.464. The highest BCUT2D eigenvalue weighted by Crippen LogP contribution is 2.39. The lowest BCUT2D eigenvalue weighted by Crippen LogP contribution is -2.56. The van der Waals surface area contributed by atoms with Gasteiger partial charge in [-0.2, -0.15) is 0 Å². The highest BCUT2D eigenvalue weighted by atomic mass is 28.4. The molecule has 1 aliphatic heterocycles. The Labute approximate surface area is 188 Å². The summed E-state index contributed by atoms with van der Waals surface area (Å²) in [4.78, 5) is 14.5. The van der Waals surface area contributed by atoms with Crippen LogP contribution < -0.4 is 0 Å². The van der Waals surface area contributed by atoms with Gasteiger partial charge in [-0.3, -0.25) is 4.90 Å². The Kier molecular flexibility index (Phi) is 8.14. The summed E-state index contributed by atoms with van der Waals surface area (Å²) in [7, 11) is -2.15. The van der Waals surface area contributed by atoms with Crippen molar-refractivity contribution in [2.75, 3.05) is 6.61 Å². The van der Waals surface area contributed by atoms with Crippen LogP contribution in [-0.2, 0) is 20.5 Å². The number of aliphatic hydroxyl groups is 1. The van der Waals surface area contributed by atoms with Crippen molar-refractivity contribution in [3.63, 3.8) is 0 Å². The third kappa shape index (κ3) is 6.19. The molecular formula is C24H39NO5Si. The van der Waals surface area contributed by atoms with Gasteiger partial charge in [0.2, 0.25) is 0 Å². The minimum Gasteiger partial charge on any atom is -0.444 e. The van der Waals surface area contributed by atoms with Crippen LogP contribution in [0.25, 0.3) is 0 Å². The van der Waals surface area contributed by atoms with E-state index in [1.54, 1.807) is 0 Å². The van der Waals surface area contributed by atoms with Gasteiger partial charge < -0.3 is 19.0 Å². The summed E-state index contributed by atoms with van der Waals surface area (Å²) in [5.41, 5.74) is 0.00979. The van der Waals surface area contributed by atoms with Gasteiger partial charge in [-0.15, -0.1) is 0 Å². The molecule has 0 bridgehead atoms. The Bertz CT molecular complexity index is 757. The molecule has 0 radical (unpaired) electrons. The van der Waals surface area contributed by atoms with E-state index in [-0.39, 0.29) is 18.3 Å². The number of nitrogens with zero attached hydrogens (tertiary/aromatic N) is 1. The van der Waals surface area contributed by atoms with E-state index in [1.807, 2.05) is 63.3 Å². The molecule has 0 spiro atoms. The predicted molar refractivity (Wildman–Crippen MR) is 125 cm³/mol. The number of aliphatic hydroxyl groups excluding tert-OH is 1. The van der Waals surface area contributed by atoms with Crippen LogP contribution in [0.2, 0.25) is 18.1 Å². The zero-order valence-electron chi connectivity index (χ0n) is 20.2. The number of amides is 1. The highest BCUT2D eigenvalue weighted by Gasteiger charge is 2.50. The summed E-state index contributed by atoms with van der Waals surface area (Å²) < 4.78 is 18.0. The van der Waals surface area contributed by atoms with Crippen molar-refractivity contribution in [3.8, 4) is 0 Å². The molecule has 0 aliphatic carbocycles. The van der Waals surface area contributed by atoms with Crippen LogP contribution in [0.3, 0.4) is 0 Å². The van der Waals surface area contributed by atoms with Crippen LogP contribution in [-0.4, -0.2) is 55.0 Å². The lowest BCUT2D eigenvalue weighted by atomic mass is 10.0. The maximum Gasteiger partial charge on any atom is 0.412 e. The van der Waals surface area contributed by atoms with Crippen molar-refractivity contribution in [2.45, 2.75) is 90.3 Å². The molecule has 0 unspecified atom stereocenters. The predicted octanol–water partition coefficient (Wildman–Crippen LogP) is 5.09. The normalized spacial score (nSPS) is 21.3. The number of hydrogen-bond donors (Lipinski definition) is 1. The molecule has 6 nitrogen and oxygen atoms in total. The Morgan fingerprint density at radius 2 is 1.94 bits per heavy atom. The number of rotatable bonds is 7. The average Bonchev–Trinajstić information content (AvgIpc) is 3.00. The van der Waals surface area contributed by atoms with Gasteiger partial charge in [0.05, 0.1) is 18.8 Å². The summed E-state index contributed by atoms with van der Waals surface area (Å²) >= 11 is 0. The summed E-state index contributed by atoms with van der Waals surface area (Å²) in [6.45, 7) is 16.7. The van der Waals surface area contributed by atoms with E-state index >= 15 is 0 Å². The van der Waals surface area contributed by atoms with Gasteiger partial charge in [0, 0.05) is 0 Å². The summed E-state index contributed by atoms with van der Waals surface area (Å²) in [5, 5.41) is 11.3. The molecular weight excluding hydrogens is 410 g/mol. The second-order valence-corrected chi connectivity index (χ2v) is 14.9. The molecule has 1 aromatic carbocycles. The van der Waals surface area contributed by atoms with Crippen molar-refractivity contribution in [1.82, 2.24) is 4.90 Å². The van der Waals surface area contributed by atoms with Crippen molar-refractivity contribution in [3.05, 3.63) is 48.0 Å². The Morgan fingerprint density at radius 1 is 1.32 bits per heavy atom. The molecule has 1 heterocycles. The van der Waals surface area contributed by atoms with Gasteiger partial charge in [-0.05, 0) is 44.5 Å². The molecule has 1 fully saturated rings. The second-order valence-electron chi connectivity index (χ2n) is 10.1. The van der Waals surface area contributed by atoms with E-state index in [9.17, 15) is 9.90 Å². The fraction of sp³-hybridized carbons (Fsp3) is 0.625. The van der Waals surface area contributed by atoms with Crippen LogP contribution in [0.15, 0.2) is 42.5 Å². The van der Waals surface area contributed by atoms with E-state index < -0.39 is 38.4 Å². The maximum absolute atomic E-state index is 13.0. The first kappa shape index (κ1) is 25.6. The van der Waals surface area contributed by atoms with E-state index in [4.69, 9.17) is 13.9 Å². The van der Waals surface area contributed by atoms with Gasteiger partial charge in [-0.25, -0.2) is 4.79 Å². The fourth-order valence-electron chi connectivity index (χ4n) is 3.38. The fourth-order valence-corrected chi connectivity index (χ4v) is 4.63. The minimum absolute atomic E-state index is 0.00764. The second kappa shape index (κ2) is 9.86. The monoisotopic (exact) mass is 449 g/mol. The standard InChI is InChI=1S/C24H39NO5Si/c1-9-13-20(30-31(7,8)23(2,3)4)21(26)19-17-29-24(5,6)25(19)22(27)28-16-18-14-11-10-12-15-18/h9-15,19-21,26H,16-17H2,1-8H3/b13-9+/t19-,20+,21+/m0/s1. The van der Waals surface area contributed by atoms with E-state index in [1.165, 1.54) is 4.90 Å². The lowest BCUT2D eigenvalue weighted by Gasteiger charge is -2.42. The number of allylic oxidation sites excluding steroid dienone is 1. The van der Waals surface area contributed by atoms with Crippen LogP contribution in [0.5, 0.6) is 0 Å². The summed E-state index contributed by atoms with van der Waals surface area (Å²) in [6.07, 6.45) is 1.74. The maximum atomic E-state index is 13.0. The molecule has 0 saturated carbocycles. The molecule has 1 amide bonds. The first-order valence-electron chi connectivity index (χ1n) is 10.9. The number of carbonyl (C=O) groups is 1. The van der Waals surface area contributed by atoms with E-state index in [0.717, 1.165) is 5.56 Å². The number of carbonyl (C=O) groups excluding carboxylic acids is 1. The molecule has 31 heavy (non-hydrogen) atoms. The molecule has 3 atom stereocenters. The third-order valence-corrected chi connectivity index (χ3v) is 10.7. The topological polar surface area (TPSA) is 68.2 Å². The van der Waals surface area contributed by atoms with Crippen LogP contribution in [0, 0.1) is 0 Å². The number of benzene rings is 1. The molecule has 7 heteroatoms. The molecule has 0 aromatic heterocycles. The highest BCUT2D eigenvalue weighted by molar-refractivity contribution is 6.74. The molecule has 1 aliphatic rings. The molecule has 174 valence electrons. The Morgan fingerprint density at radius 3 is 2.48 bits per heavy atom. The summed E-state index contributed by atoms with van der Waals surface area (Å²) in [6, 6.07) is 8.95.